The highest BCUT2D eigenvalue weighted by Crippen LogP contribution is 2.17. The lowest BCUT2D eigenvalue weighted by Gasteiger charge is -2.17. The number of carbonyl (C=O) groups is 1. The van der Waals surface area contributed by atoms with Crippen LogP contribution >= 0.6 is 0 Å². The smallest absolute Gasteiger partial charge is 0.261 e. The van der Waals surface area contributed by atoms with Crippen LogP contribution in [0.5, 0.6) is 5.75 Å². The zero-order valence-electron chi connectivity index (χ0n) is 15.7. The Bertz CT molecular complexity index is 920. The van der Waals surface area contributed by atoms with Crippen molar-refractivity contribution in [2.75, 3.05) is 0 Å². The monoisotopic (exact) mass is 365 g/mol. The van der Waals surface area contributed by atoms with Gasteiger partial charge < -0.3 is 14.6 Å². The Hall–Kier alpha value is -3.15. The highest BCUT2D eigenvalue weighted by molar-refractivity contribution is 5.81. The van der Waals surface area contributed by atoms with Crippen molar-refractivity contribution in [3.05, 3.63) is 65.5 Å². The van der Waals surface area contributed by atoms with Gasteiger partial charge in [0, 0.05) is 5.56 Å². The molecule has 0 aliphatic rings. The Morgan fingerprint density at radius 3 is 2.59 bits per heavy atom. The summed E-state index contributed by atoms with van der Waals surface area (Å²) < 4.78 is 11.0. The van der Waals surface area contributed by atoms with Crippen molar-refractivity contribution >= 4 is 5.91 Å². The van der Waals surface area contributed by atoms with E-state index in [4.69, 9.17) is 9.26 Å². The van der Waals surface area contributed by atoms with Gasteiger partial charge in [0.2, 0.25) is 11.7 Å². The minimum Gasteiger partial charge on any atom is -0.481 e. The highest BCUT2D eigenvalue weighted by atomic mass is 16.5. The van der Waals surface area contributed by atoms with Crippen molar-refractivity contribution in [1.82, 2.24) is 15.5 Å². The molecule has 0 spiro atoms. The molecule has 3 rings (SSSR count). The Balaban J connectivity index is 1.59. The van der Waals surface area contributed by atoms with E-state index in [2.05, 4.69) is 15.5 Å². The van der Waals surface area contributed by atoms with Crippen molar-refractivity contribution in [3.8, 4) is 17.1 Å². The van der Waals surface area contributed by atoms with Crippen LogP contribution in [0.15, 0.2) is 53.1 Å². The zero-order valence-corrected chi connectivity index (χ0v) is 15.7. The molecular weight excluding hydrogens is 342 g/mol. The third kappa shape index (κ3) is 4.94. The number of rotatable bonds is 7. The predicted octanol–water partition coefficient (Wildman–Crippen LogP) is 3.83. The molecule has 2 aromatic carbocycles. The molecule has 1 aromatic heterocycles. The zero-order chi connectivity index (χ0) is 19.2. The Labute approximate surface area is 158 Å². The lowest BCUT2D eigenvalue weighted by atomic mass is 10.1. The minimum atomic E-state index is -0.578. The average molecular weight is 365 g/mol. The van der Waals surface area contributed by atoms with E-state index in [0.717, 1.165) is 16.7 Å². The number of nitrogens with one attached hydrogen (secondary N) is 1. The fourth-order valence-corrected chi connectivity index (χ4v) is 2.68. The van der Waals surface area contributed by atoms with Gasteiger partial charge in [0.25, 0.3) is 5.91 Å². The van der Waals surface area contributed by atoms with Gasteiger partial charge in [-0.15, -0.1) is 0 Å². The molecule has 0 aliphatic carbocycles. The number of carbonyl (C=O) groups excluding carboxylic acids is 1. The first-order valence-corrected chi connectivity index (χ1v) is 8.96. The van der Waals surface area contributed by atoms with E-state index in [1.54, 1.807) is 0 Å². The van der Waals surface area contributed by atoms with Crippen LogP contribution in [-0.2, 0) is 11.3 Å². The summed E-state index contributed by atoms with van der Waals surface area (Å²) in [7, 11) is 0. The number of benzene rings is 2. The molecule has 1 atom stereocenters. The van der Waals surface area contributed by atoms with Crippen LogP contribution in [0.25, 0.3) is 11.4 Å². The van der Waals surface area contributed by atoms with E-state index < -0.39 is 6.10 Å². The normalized spacial score (nSPS) is 11.8. The van der Waals surface area contributed by atoms with Gasteiger partial charge in [-0.1, -0.05) is 48.0 Å². The number of aryl methyl sites for hydroxylation is 2. The molecule has 0 saturated heterocycles. The largest absolute Gasteiger partial charge is 0.481 e. The van der Waals surface area contributed by atoms with Crippen molar-refractivity contribution in [2.24, 2.45) is 0 Å². The maximum Gasteiger partial charge on any atom is 0.261 e. The number of ether oxygens (including phenoxy) is 1. The molecule has 0 unspecified atom stereocenters. The van der Waals surface area contributed by atoms with Crippen molar-refractivity contribution < 1.29 is 14.1 Å². The van der Waals surface area contributed by atoms with E-state index in [1.807, 2.05) is 69.3 Å². The number of nitrogens with zero attached hydrogens (tertiary/aromatic N) is 2. The molecule has 0 aliphatic heterocycles. The first-order valence-electron chi connectivity index (χ1n) is 8.96. The number of amides is 1. The molecule has 0 bridgehead atoms. The maximum absolute atomic E-state index is 12.4. The summed E-state index contributed by atoms with van der Waals surface area (Å²) in [5, 5.41) is 6.78. The van der Waals surface area contributed by atoms with Crippen LogP contribution in [0.1, 0.15) is 30.4 Å². The van der Waals surface area contributed by atoms with E-state index in [-0.39, 0.29) is 12.5 Å². The van der Waals surface area contributed by atoms with E-state index in [9.17, 15) is 4.79 Å². The molecular formula is C21H23N3O3. The summed E-state index contributed by atoms with van der Waals surface area (Å²) in [4.78, 5) is 16.8. The van der Waals surface area contributed by atoms with Crippen LogP contribution in [0.4, 0.5) is 0 Å². The van der Waals surface area contributed by atoms with Crippen LogP contribution in [0.3, 0.4) is 0 Å². The Morgan fingerprint density at radius 1 is 1.15 bits per heavy atom. The summed E-state index contributed by atoms with van der Waals surface area (Å²) >= 11 is 0. The lowest BCUT2D eigenvalue weighted by Crippen LogP contribution is -2.37. The topological polar surface area (TPSA) is 77.2 Å². The van der Waals surface area contributed by atoms with Gasteiger partial charge in [0.1, 0.15) is 5.75 Å². The second-order valence-electron chi connectivity index (χ2n) is 6.43. The van der Waals surface area contributed by atoms with Crippen molar-refractivity contribution in [3.63, 3.8) is 0 Å². The van der Waals surface area contributed by atoms with Crippen LogP contribution < -0.4 is 10.1 Å². The van der Waals surface area contributed by atoms with Crippen molar-refractivity contribution in [2.45, 2.75) is 39.8 Å². The summed E-state index contributed by atoms with van der Waals surface area (Å²) in [6.07, 6.45) is -0.0241. The third-order valence-electron chi connectivity index (χ3n) is 4.09. The average Bonchev–Trinajstić information content (AvgIpc) is 3.13. The van der Waals surface area contributed by atoms with E-state index in [0.29, 0.717) is 23.9 Å². The van der Waals surface area contributed by atoms with Crippen LogP contribution in [-0.4, -0.2) is 22.2 Å². The van der Waals surface area contributed by atoms with Gasteiger partial charge in [0.15, 0.2) is 6.10 Å². The molecule has 1 N–H and O–H groups in total. The molecule has 3 aromatic rings. The van der Waals surface area contributed by atoms with Gasteiger partial charge in [-0.05, 0) is 44.0 Å². The summed E-state index contributed by atoms with van der Waals surface area (Å²) in [6.45, 7) is 6.05. The second-order valence-corrected chi connectivity index (χ2v) is 6.43. The third-order valence-corrected chi connectivity index (χ3v) is 4.09. The summed E-state index contributed by atoms with van der Waals surface area (Å²) in [5.74, 6) is 1.32. The molecule has 0 fully saturated rings. The SMILES string of the molecule is CC[C@H](Oc1cccc(C)c1)C(=O)NCc1nc(-c2cccc(C)c2)no1. The van der Waals surface area contributed by atoms with Crippen molar-refractivity contribution in [1.29, 1.82) is 0 Å². The minimum absolute atomic E-state index is 0.158. The molecule has 6 nitrogen and oxygen atoms in total. The van der Waals surface area contributed by atoms with Gasteiger partial charge in [0.05, 0.1) is 6.54 Å². The molecule has 1 heterocycles. The molecule has 140 valence electrons. The Kier molecular flexibility index (Phi) is 5.86. The summed E-state index contributed by atoms with van der Waals surface area (Å²) in [6, 6.07) is 15.5. The van der Waals surface area contributed by atoms with Gasteiger partial charge >= 0.3 is 0 Å². The first kappa shape index (κ1) is 18.6. The number of aromatic nitrogens is 2. The molecule has 6 heteroatoms. The summed E-state index contributed by atoms with van der Waals surface area (Å²) in [5.41, 5.74) is 3.08. The maximum atomic E-state index is 12.4. The fourth-order valence-electron chi connectivity index (χ4n) is 2.68. The van der Waals surface area contributed by atoms with Gasteiger partial charge in [-0.3, -0.25) is 4.79 Å². The highest BCUT2D eigenvalue weighted by Gasteiger charge is 2.19. The fraction of sp³-hybridized carbons (Fsp3) is 0.286. The molecule has 0 saturated carbocycles. The standard InChI is InChI=1S/C21H23N3O3/c1-4-18(26-17-10-6-8-15(3)12-17)21(25)22-13-19-23-20(24-27-19)16-9-5-7-14(2)11-16/h5-12,18H,4,13H2,1-3H3,(H,22,25)/t18-/m0/s1. The van der Waals surface area contributed by atoms with E-state index in [1.165, 1.54) is 0 Å². The quantitative estimate of drug-likeness (QED) is 0.688. The van der Waals surface area contributed by atoms with Crippen LogP contribution in [0, 0.1) is 13.8 Å². The molecule has 1 amide bonds. The number of hydrogen-bond donors (Lipinski definition) is 1. The second kappa shape index (κ2) is 8.49. The van der Waals surface area contributed by atoms with E-state index >= 15 is 0 Å². The predicted molar refractivity (Wildman–Crippen MR) is 102 cm³/mol. The molecule has 27 heavy (non-hydrogen) atoms. The number of hydrogen-bond acceptors (Lipinski definition) is 5. The Morgan fingerprint density at radius 2 is 1.89 bits per heavy atom. The van der Waals surface area contributed by atoms with Gasteiger partial charge in [-0.2, -0.15) is 4.98 Å². The molecule has 0 radical (unpaired) electrons. The first-order chi connectivity index (χ1) is 13.0. The van der Waals surface area contributed by atoms with Crippen LogP contribution in [0.2, 0.25) is 0 Å². The van der Waals surface area contributed by atoms with Gasteiger partial charge in [-0.25, -0.2) is 0 Å². The lowest BCUT2D eigenvalue weighted by molar-refractivity contribution is -0.128.